The van der Waals surface area contributed by atoms with E-state index in [1.807, 2.05) is 11.8 Å². The number of rotatable bonds is 5. The van der Waals surface area contributed by atoms with Gasteiger partial charge in [-0.2, -0.15) is 24.9 Å². The van der Waals surface area contributed by atoms with E-state index >= 15 is 0 Å². The molecule has 1 amide bonds. The molecule has 2 fully saturated rings. The summed E-state index contributed by atoms with van der Waals surface area (Å²) in [5, 5.41) is 10.5. The number of aliphatic hydroxyl groups is 1. The lowest BCUT2D eigenvalue weighted by atomic mass is 9.69. The third kappa shape index (κ3) is 4.54. The van der Waals surface area contributed by atoms with Crippen LogP contribution in [0.3, 0.4) is 0 Å². The van der Waals surface area contributed by atoms with Gasteiger partial charge in [0.05, 0.1) is 5.41 Å². The Bertz CT molecular complexity index is 657. The van der Waals surface area contributed by atoms with Crippen molar-refractivity contribution in [1.82, 2.24) is 0 Å². The lowest BCUT2D eigenvalue weighted by Gasteiger charge is -2.35. The van der Waals surface area contributed by atoms with Crippen molar-refractivity contribution < 1.29 is 27.8 Å². The Hall–Kier alpha value is -1.41. The largest absolute Gasteiger partial charge is 0.484 e. The van der Waals surface area contributed by atoms with Crippen LogP contribution in [0.2, 0.25) is 0 Å². The molecule has 1 saturated carbocycles. The zero-order valence-electron chi connectivity index (χ0n) is 15.2. The van der Waals surface area contributed by atoms with Crippen molar-refractivity contribution in [2.24, 2.45) is 11.3 Å². The van der Waals surface area contributed by atoms with E-state index in [4.69, 9.17) is 4.74 Å². The molecule has 1 spiro atoms. The summed E-state index contributed by atoms with van der Waals surface area (Å²) in [4.78, 5) is 14.5. The standard InChI is InChI=1S/C19H24F3NO3S/c1-27-11-13-6-8-18(9-7-13)10-16(24)23(17(18)25)14-2-4-15(5-3-14)26-12-19(20,21)22/h2-5,13,16,24H,6-12H2,1H3. The maximum Gasteiger partial charge on any atom is 0.422 e. The predicted octanol–water partition coefficient (Wildman–Crippen LogP) is 4.22. The van der Waals surface area contributed by atoms with Crippen molar-refractivity contribution in [2.45, 2.75) is 44.5 Å². The van der Waals surface area contributed by atoms with E-state index in [-0.39, 0.29) is 11.7 Å². The third-order valence-electron chi connectivity index (χ3n) is 5.53. The predicted molar refractivity (Wildman–Crippen MR) is 98.9 cm³/mol. The Kier molecular flexibility index (Phi) is 5.96. The first kappa shape index (κ1) is 20.3. The normalized spacial score (nSPS) is 28.8. The lowest BCUT2D eigenvalue weighted by molar-refractivity contribution is -0.153. The van der Waals surface area contributed by atoms with Crippen LogP contribution in [-0.2, 0) is 4.79 Å². The monoisotopic (exact) mass is 403 g/mol. The van der Waals surface area contributed by atoms with Crippen LogP contribution in [0.15, 0.2) is 24.3 Å². The Morgan fingerprint density at radius 3 is 2.44 bits per heavy atom. The van der Waals surface area contributed by atoms with Gasteiger partial charge in [-0.1, -0.05) is 0 Å². The summed E-state index contributed by atoms with van der Waals surface area (Å²) >= 11 is 1.82. The molecule has 1 saturated heterocycles. The number of halogens is 3. The highest BCUT2D eigenvalue weighted by Gasteiger charge is 2.52. The summed E-state index contributed by atoms with van der Waals surface area (Å²) < 4.78 is 41.4. The Labute approximate surface area is 161 Å². The van der Waals surface area contributed by atoms with Crippen LogP contribution in [-0.4, -0.2) is 42.0 Å². The molecule has 1 aliphatic carbocycles. The molecule has 1 aliphatic heterocycles. The van der Waals surface area contributed by atoms with Crippen LogP contribution in [0.25, 0.3) is 0 Å². The summed E-state index contributed by atoms with van der Waals surface area (Å²) in [6.45, 7) is -1.36. The number of nitrogens with zero attached hydrogens (tertiary/aromatic N) is 1. The average Bonchev–Trinajstić information content (AvgIpc) is 2.85. The molecule has 1 aromatic rings. The van der Waals surface area contributed by atoms with Crippen molar-refractivity contribution in [3.05, 3.63) is 24.3 Å². The highest BCUT2D eigenvalue weighted by atomic mass is 32.2. The molecule has 0 radical (unpaired) electrons. The minimum absolute atomic E-state index is 0.0736. The van der Waals surface area contributed by atoms with Crippen molar-refractivity contribution in [1.29, 1.82) is 0 Å². The SMILES string of the molecule is CSCC1CCC2(CC1)CC(O)N(c1ccc(OCC(F)(F)F)cc1)C2=O. The molecule has 1 N–H and O–H groups in total. The van der Waals surface area contributed by atoms with Crippen LogP contribution in [0.1, 0.15) is 32.1 Å². The van der Waals surface area contributed by atoms with E-state index < -0.39 is 24.4 Å². The summed E-state index contributed by atoms with van der Waals surface area (Å²) in [7, 11) is 0. The number of benzene rings is 1. The highest BCUT2D eigenvalue weighted by Crippen LogP contribution is 2.49. The van der Waals surface area contributed by atoms with Crippen molar-refractivity contribution in [2.75, 3.05) is 23.5 Å². The van der Waals surface area contributed by atoms with E-state index in [1.165, 1.54) is 29.2 Å². The second kappa shape index (κ2) is 7.91. The van der Waals surface area contributed by atoms with Gasteiger partial charge in [0.2, 0.25) is 5.91 Å². The van der Waals surface area contributed by atoms with Crippen LogP contribution in [0, 0.1) is 11.3 Å². The van der Waals surface area contributed by atoms with Gasteiger partial charge in [-0.25, -0.2) is 0 Å². The minimum atomic E-state index is -4.40. The third-order valence-corrected chi connectivity index (χ3v) is 6.33. The molecule has 2 aliphatic rings. The van der Waals surface area contributed by atoms with Gasteiger partial charge in [-0.15, -0.1) is 0 Å². The molecule has 0 aromatic heterocycles. The van der Waals surface area contributed by atoms with Gasteiger partial charge in [0.25, 0.3) is 0 Å². The van der Waals surface area contributed by atoms with Gasteiger partial charge >= 0.3 is 6.18 Å². The molecule has 1 heterocycles. The van der Waals surface area contributed by atoms with Crippen LogP contribution >= 0.6 is 11.8 Å². The number of carbonyl (C=O) groups is 1. The maximum atomic E-state index is 13.1. The fourth-order valence-electron chi connectivity index (χ4n) is 4.13. The molecule has 8 heteroatoms. The molecule has 0 bridgehead atoms. The van der Waals surface area contributed by atoms with Crippen LogP contribution in [0.5, 0.6) is 5.75 Å². The number of anilines is 1. The zero-order chi connectivity index (χ0) is 19.7. The minimum Gasteiger partial charge on any atom is -0.484 e. The maximum absolute atomic E-state index is 13.1. The summed E-state index contributed by atoms with van der Waals surface area (Å²) in [6.07, 6.45) is 0.699. The molecule has 3 rings (SSSR count). The second-order valence-electron chi connectivity index (χ2n) is 7.44. The number of hydrogen-bond donors (Lipinski definition) is 1. The lowest BCUT2D eigenvalue weighted by Crippen LogP contribution is -2.39. The molecule has 4 nitrogen and oxygen atoms in total. The van der Waals surface area contributed by atoms with Crippen molar-refractivity contribution in [3.63, 3.8) is 0 Å². The van der Waals surface area contributed by atoms with E-state index in [9.17, 15) is 23.1 Å². The fourth-order valence-corrected chi connectivity index (χ4v) is 4.93. The van der Waals surface area contributed by atoms with Crippen LogP contribution in [0.4, 0.5) is 18.9 Å². The van der Waals surface area contributed by atoms with Gasteiger partial charge in [-0.05, 0) is 67.9 Å². The first-order chi connectivity index (χ1) is 12.7. The molecule has 1 unspecified atom stereocenters. The van der Waals surface area contributed by atoms with E-state index in [0.29, 0.717) is 18.0 Å². The number of thioether (sulfide) groups is 1. The number of amides is 1. The van der Waals surface area contributed by atoms with E-state index in [0.717, 1.165) is 31.4 Å². The first-order valence-electron chi connectivity index (χ1n) is 9.04. The first-order valence-corrected chi connectivity index (χ1v) is 10.4. The molecule has 150 valence electrons. The number of ether oxygens (including phenoxy) is 1. The number of alkyl halides is 3. The average molecular weight is 403 g/mol. The molecular weight excluding hydrogens is 379 g/mol. The van der Waals surface area contributed by atoms with Gasteiger partial charge < -0.3 is 9.84 Å². The number of hydrogen-bond acceptors (Lipinski definition) is 4. The van der Waals surface area contributed by atoms with Gasteiger partial charge in [0.1, 0.15) is 12.0 Å². The molecule has 1 atom stereocenters. The van der Waals surface area contributed by atoms with Crippen LogP contribution < -0.4 is 9.64 Å². The summed E-state index contributed by atoms with van der Waals surface area (Å²) in [6, 6.07) is 5.82. The Morgan fingerprint density at radius 1 is 1.26 bits per heavy atom. The quantitative estimate of drug-likeness (QED) is 0.800. The summed E-state index contributed by atoms with van der Waals surface area (Å²) in [5.74, 6) is 1.70. The Balaban J connectivity index is 1.68. The highest BCUT2D eigenvalue weighted by molar-refractivity contribution is 7.98. The van der Waals surface area contributed by atoms with Gasteiger partial charge in [0, 0.05) is 12.1 Å². The zero-order valence-corrected chi connectivity index (χ0v) is 16.0. The number of aliphatic hydroxyl groups excluding tert-OH is 1. The van der Waals surface area contributed by atoms with Gasteiger partial charge in [-0.3, -0.25) is 9.69 Å². The number of carbonyl (C=O) groups excluding carboxylic acids is 1. The van der Waals surface area contributed by atoms with Gasteiger partial charge in [0.15, 0.2) is 6.61 Å². The topological polar surface area (TPSA) is 49.8 Å². The smallest absolute Gasteiger partial charge is 0.422 e. The summed E-state index contributed by atoms with van der Waals surface area (Å²) in [5.41, 5.74) is -0.0327. The van der Waals surface area contributed by atoms with E-state index in [2.05, 4.69) is 6.26 Å². The fraction of sp³-hybridized carbons (Fsp3) is 0.632. The Morgan fingerprint density at radius 2 is 1.89 bits per heavy atom. The second-order valence-corrected chi connectivity index (χ2v) is 8.35. The molecule has 1 aromatic carbocycles. The molecular formula is C19H24F3NO3S. The van der Waals surface area contributed by atoms with E-state index in [1.54, 1.807) is 0 Å². The molecule has 27 heavy (non-hydrogen) atoms. The van der Waals surface area contributed by atoms with Crippen molar-refractivity contribution in [3.8, 4) is 5.75 Å². The van der Waals surface area contributed by atoms with Crippen molar-refractivity contribution >= 4 is 23.4 Å².